The van der Waals surface area contributed by atoms with Gasteiger partial charge in [0, 0.05) is 28.1 Å². The molecule has 3 N–H and O–H groups in total. The Balaban J connectivity index is 0.00000256. The van der Waals surface area contributed by atoms with Gasteiger partial charge in [0.25, 0.3) is 0 Å². The second kappa shape index (κ2) is 8.65. The van der Waals surface area contributed by atoms with Gasteiger partial charge in [0.1, 0.15) is 0 Å². The SMILES string of the molecule is CC1(C)CCC(C(=O)Nc2n[nH]c3ccc(-c4cc(C#N)ccc4Cl)cc23)CN1.Cl. The van der Waals surface area contributed by atoms with Gasteiger partial charge in [-0.1, -0.05) is 17.7 Å². The third kappa shape index (κ3) is 4.44. The zero-order valence-corrected chi connectivity index (χ0v) is 18.3. The van der Waals surface area contributed by atoms with Crippen LogP contribution in [0, 0.1) is 17.2 Å². The number of amides is 1. The lowest BCUT2D eigenvalue weighted by Gasteiger charge is -2.35. The number of anilines is 1. The lowest BCUT2D eigenvalue weighted by atomic mass is 9.86. The Kier molecular flexibility index (Phi) is 6.37. The van der Waals surface area contributed by atoms with Gasteiger partial charge in [-0.2, -0.15) is 10.4 Å². The standard InChI is InChI=1S/C22H22ClN5O.ClH/c1-22(2)8-7-15(12-25-22)21(29)26-20-17-10-14(4-6-19(17)27-28-20)16-9-13(11-24)3-5-18(16)23;/h3-6,9-10,15,25H,7-8,12H2,1-2H3,(H2,26,27,28,29);1H. The van der Waals surface area contributed by atoms with Gasteiger partial charge in [-0.05, 0) is 62.6 Å². The average molecular weight is 444 g/mol. The Morgan fingerprint density at radius 3 is 2.80 bits per heavy atom. The van der Waals surface area contributed by atoms with Crippen LogP contribution in [-0.2, 0) is 4.79 Å². The van der Waals surface area contributed by atoms with E-state index in [1.165, 1.54) is 0 Å². The van der Waals surface area contributed by atoms with Crippen LogP contribution < -0.4 is 10.6 Å². The fraction of sp³-hybridized carbons (Fsp3) is 0.318. The van der Waals surface area contributed by atoms with Crippen molar-refractivity contribution in [2.75, 3.05) is 11.9 Å². The van der Waals surface area contributed by atoms with E-state index < -0.39 is 0 Å². The van der Waals surface area contributed by atoms with Crippen LogP contribution in [0.1, 0.15) is 32.3 Å². The first-order valence-corrected chi connectivity index (χ1v) is 9.98. The first kappa shape index (κ1) is 22.1. The highest BCUT2D eigenvalue weighted by molar-refractivity contribution is 6.33. The molecule has 1 aromatic heterocycles. The van der Waals surface area contributed by atoms with Crippen LogP contribution in [0.25, 0.3) is 22.0 Å². The van der Waals surface area contributed by atoms with E-state index in [2.05, 4.69) is 40.7 Å². The quantitative estimate of drug-likeness (QED) is 0.536. The molecule has 30 heavy (non-hydrogen) atoms. The van der Waals surface area contributed by atoms with E-state index in [-0.39, 0.29) is 29.8 Å². The summed E-state index contributed by atoms with van der Waals surface area (Å²) >= 11 is 6.35. The number of H-pyrrole nitrogens is 1. The molecule has 0 aliphatic carbocycles. The molecule has 1 aliphatic heterocycles. The molecular weight excluding hydrogens is 421 g/mol. The van der Waals surface area contributed by atoms with Gasteiger partial charge in [0.2, 0.25) is 5.91 Å². The molecule has 0 bridgehead atoms. The topological polar surface area (TPSA) is 93.6 Å². The third-order valence-electron chi connectivity index (χ3n) is 5.53. The summed E-state index contributed by atoms with van der Waals surface area (Å²) in [6.45, 7) is 4.95. The van der Waals surface area contributed by atoms with Crippen LogP contribution >= 0.6 is 24.0 Å². The van der Waals surface area contributed by atoms with Gasteiger partial charge >= 0.3 is 0 Å². The Labute approximate surface area is 186 Å². The fourth-order valence-electron chi connectivity index (χ4n) is 3.66. The number of nitrogens with one attached hydrogen (secondary N) is 3. The summed E-state index contributed by atoms with van der Waals surface area (Å²) in [5.41, 5.74) is 3.06. The van der Waals surface area contributed by atoms with E-state index in [4.69, 9.17) is 11.6 Å². The van der Waals surface area contributed by atoms with Crippen molar-refractivity contribution >= 4 is 46.6 Å². The second-order valence-corrected chi connectivity index (χ2v) is 8.54. The molecule has 1 amide bonds. The smallest absolute Gasteiger partial charge is 0.229 e. The third-order valence-corrected chi connectivity index (χ3v) is 5.86. The number of nitriles is 1. The molecule has 156 valence electrons. The van der Waals surface area contributed by atoms with Gasteiger partial charge in [-0.15, -0.1) is 12.4 Å². The number of carbonyl (C=O) groups excluding carboxylic acids is 1. The monoisotopic (exact) mass is 443 g/mol. The first-order chi connectivity index (χ1) is 13.9. The minimum Gasteiger partial charge on any atom is -0.311 e. The fourth-order valence-corrected chi connectivity index (χ4v) is 3.89. The molecule has 0 saturated carbocycles. The molecule has 1 aliphatic rings. The molecule has 1 fully saturated rings. The number of piperidine rings is 1. The van der Waals surface area contributed by atoms with Crippen LogP contribution in [0.3, 0.4) is 0 Å². The van der Waals surface area contributed by atoms with Crippen molar-refractivity contribution in [3.05, 3.63) is 47.0 Å². The van der Waals surface area contributed by atoms with Crippen LogP contribution in [0.2, 0.25) is 5.02 Å². The molecule has 2 aromatic carbocycles. The average Bonchev–Trinajstić information content (AvgIpc) is 3.10. The lowest BCUT2D eigenvalue weighted by Crippen LogP contribution is -2.49. The van der Waals surface area contributed by atoms with Crippen molar-refractivity contribution in [3.8, 4) is 17.2 Å². The summed E-state index contributed by atoms with van der Waals surface area (Å²) in [7, 11) is 0. The van der Waals surface area contributed by atoms with Gasteiger partial charge in [-0.25, -0.2) is 0 Å². The summed E-state index contributed by atoms with van der Waals surface area (Å²) in [6.07, 6.45) is 1.79. The number of rotatable bonds is 3. The van der Waals surface area contributed by atoms with Crippen LogP contribution in [0.5, 0.6) is 0 Å². The minimum absolute atomic E-state index is 0. The molecular formula is C22H23Cl2N5O. The van der Waals surface area contributed by atoms with E-state index in [9.17, 15) is 10.1 Å². The van der Waals surface area contributed by atoms with Crippen molar-refractivity contribution in [1.29, 1.82) is 5.26 Å². The Morgan fingerprint density at radius 1 is 1.30 bits per heavy atom. The van der Waals surface area contributed by atoms with Gasteiger partial charge in [0.15, 0.2) is 5.82 Å². The number of aromatic amines is 1. The second-order valence-electron chi connectivity index (χ2n) is 8.13. The zero-order valence-electron chi connectivity index (χ0n) is 16.8. The highest BCUT2D eigenvalue weighted by atomic mass is 35.5. The molecule has 1 saturated heterocycles. The molecule has 1 unspecified atom stereocenters. The minimum atomic E-state index is -0.0836. The molecule has 6 nitrogen and oxygen atoms in total. The molecule has 8 heteroatoms. The summed E-state index contributed by atoms with van der Waals surface area (Å²) in [6, 6.07) is 13.0. The number of nitrogens with zero attached hydrogens (tertiary/aromatic N) is 2. The van der Waals surface area contributed by atoms with Crippen LogP contribution in [-0.4, -0.2) is 28.2 Å². The van der Waals surface area contributed by atoms with E-state index >= 15 is 0 Å². The molecule has 3 aromatic rings. The van der Waals surface area contributed by atoms with Gasteiger partial charge in [0.05, 0.1) is 23.1 Å². The highest BCUT2D eigenvalue weighted by Crippen LogP contribution is 2.33. The number of halogens is 2. The van der Waals surface area contributed by atoms with Gasteiger partial charge in [-0.3, -0.25) is 9.89 Å². The maximum atomic E-state index is 12.8. The normalized spacial score (nSPS) is 17.7. The van der Waals surface area contributed by atoms with E-state index in [0.717, 1.165) is 34.9 Å². The Bertz CT molecular complexity index is 1120. The predicted molar refractivity (Wildman–Crippen MR) is 122 cm³/mol. The number of benzene rings is 2. The summed E-state index contributed by atoms with van der Waals surface area (Å²) < 4.78 is 0. The Morgan fingerprint density at radius 2 is 2.10 bits per heavy atom. The first-order valence-electron chi connectivity index (χ1n) is 9.60. The van der Waals surface area contributed by atoms with Crippen molar-refractivity contribution in [2.45, 2.75) is 32.2 Å². The maximum absolute atomic E-state index is 12.8. The van der Waals surface area contributed by atoms with E-state index in [0.29, 0.717) is 22.9 Å². The molecule has 0 radical (unpaired) electrons. The summed E-state index contributed by atoms with van der Waals surface area (Å²) in [5.74, 6) is 0.389. The number of carbonyl (C=O) groups is 1. The van der Waals surface area contributed by atoms with E-state index in [1.54, 1.807) is 18.2 Å². The van der Waals surface area contributed by atoms with Crippen molar-refractivity contribution < 1.29 is 4.79 Å². The number of hydrogen-bond acceptors (Lipinski definition) is 4. The van der Waals surface area contributed by atoms with Crippen molar-refractivity contribution in [3.63, 3.8) is 0 Å². The summed E-state index contributed by atoms with van der Waals surface area (Å²) in [4.78, 5) is 12.8. The Hall–Kier alpha value is -2.59. The lowest BCUT2D eigenvalue weighted by molar-refractivity contribution is -0.120. The van der Waals surface area contributed by atoms with Crippen LogP contribution in [0.4, 0.5) is 5.82 Å². The predicted octanol–water partition coefficient (Wildman–Crippen LogP) is 4.89. The number of hydrogen-bond donors (Lipinski definition) is 3. The molecule has 0 spiro atoms. The number of fused-ring (bicyclic) bond motifs is 1. The molecule has 4 rings (SSSR count). The molecule has 1 atom stereocenters. The zero-order chi connectivity index (χ0) is 20.6. The van der Waals surface area contributed by atoms with Crippen molar-refractivity contribution in [1.82, 2.24) is 15.5 Å². The maximum Gasteiger partial charge on any atom is 0.229 e. The van der Waals surface area contributed by atoms with Crippen LogP contribution in [0.15, 0.2) is 36.4 Å². The van der Waals surface area contributed by atoms with Gasteiger partial charge < -0.3 is 10.6 Å². The highest BCUT2D eigenvalue weighted by Gasteiger charge is 2.30. The number of aromatic nitrogens is 2. The summed E-state index contributed by atoms with van der Waals surface area (Å²) in [5, 5.41) is 24.2. The van der Waals surface area contributed by atoms with Crippen molar-refractivity contribution in [2.24, 2.45) is 5.92 Å². The van der Waals surface area contributed by atoms with E-state index in [1.807, 2.05) is 18.2 Å². The molecule has 2 heterocycles. The largest absolute Gasteiger partial charge is 0.311 e.